The van der Waals surface area contributed by atoms with Crippen LogP contribution in [0.3, 0.4) is 0 Å². The smallest absolute Gasteiger partial charge is 0.133 e. The summed E-state index contributed by atoms with van der Waals surface area (Å²) in [6.45, 7) is 6.99. The third kappa shape index (κ3) is 3.22. The number of halogens is 1. The molecule has 90 valence electrons. The Bertz CT molecular complexity index is 341. The van der Waals surface area contributed by atoms with E-state index in [2.05, 4.69) is 35.8 Å². The van der Waals surface area contributed by atoms with E-state index in [1.165, 1.54) is 0 Å². The third-order valence-electron chi connectivity index (χ3n) is 2.90. The number of hydrogen-bond acceptors (Lipinski definition) is 2. The van der Waals surface area contributed by atoms with Gasteiger partial charge in [-0.15, -0.1) is 0 Å². The van der Waals surface area contributed by atoms with Crippen molar-refractivity contribution in [2.45, 2.75) is 33.2 Å². The Labute approximate surface area is 106 Å². The van der Waals surface area contributed by atoms with Crippen LogP contribution in [0, 0.1) is 5.92 Å². The normalized spacial score (nSPS) is 14.6. The van der Waals surface area contributed by atoms with E-state index < -0.39 is 0 Å². The highest BCUT2D eigenvalue weighted by Gasteiger charge is 2.14. The topological polar surface area (TPSA) is 35.2 Å². The van der Waals surface area contributed by atoms with Gasteiger partial charge in [0.05, 0.1) is 11.1 Å². The maximum Gasteiger partial charge on any atom is 0.133 e. The Morgan fingerprint density at radius 2 is 2.06 bits per heavy atom. The summed E-state index contributed by atoms with van der Waals surface area (Å²) in [4.78, 5) is 0. The molecule has 0 aliphatic carbocycles. The second kappa shape index (κ2) is 6.26. The summed E-state index contributed by atoms with van der Waals surface area (Å²) in [7, 11) is 0. The standard InChI is InChI=1S/C13H20BrNO/c1-4-9(3)13(15)10-6-7-12(16-5-2)11(14)8-10/h6-9,13H,4-5,15H2,1-3H3. The fraction of sp³-hybridized carbons (Fsp3) is 0.538. The molecule has 2 unspecified atom stereocenters. The number of benzene rings is 1. The second-order valence-corrected chi connectivity index (χ2v) is 4.89. The van der Waals surface area contributed by atoms with Crippen molar-refractivity contribution in [3.63, 3.8) is 0 Å². The van der Waals surface area contributed by atoms with Gasteiger partial charge in [-0.1, -0.05) is 26.3 Å². The van der Waals surface area contributed by atoms with Crippen LogP contribution in [0.2, 0.25) is 0 Å². The fourth-order valence-electron chi connectivity index (χ4n) is 1.58. The van der Waals surface area contributed by atoms with E-state index in [9.17, 15) is 0 Å². The van der Waals surface area contributed by atoms with Crippen LogP contribution >= 0.6 is 15.9 Å². The highest BCUT2D eigenvalue weighted by atomic mass is 79.9. The molecule has 0 radical (unpaired) electrons. The molecule has 0 heterocycles. The number of nitrogens with two attached hydrogens (primary N) is 1. The van der Waals surface area contributed by atoms with Gasteiger partial charge >= 0.3 is 0 Å². The monoisotopic (exact) mass is 285 g/mol. The van der Waals surface area contributed by atoms with E-state index in [4.69, 9.17) is 10.5 Å². The second-order valence-electron chi connectivity index (χ2n) is 4.03. The van der Waals surface area contributed by atoms with Gasteiger partial charge in [-0.2, -0.15) is 0 Å². The van der Waals surface area contributed by atoms with E-state index in [1.54, 1.807) is 0 Å². The van der Waals surface area contributed by atoms with E-state index in [1.807, 2.05) is 19.1 Å². The third-order valence-corrected chi connectivity index (χ3v) is 3.52. The SMILES string of the molecule is CCOc1ccc(C(N)C(C)CC)cc1Br. The van der Waals surface area contributed by atoms with Crippen LogP contribution in [0.5, 0.6) is 5.75 Å². The summed E-state index contributed by atoms with van der Waals surface area (Å²) >= 11 is 3.51. The van der Waals surface area contributed by atoms with Gasteiger partial charge in [-0.25, -0.2) is 0 Å². The Balaban J connectivity index is 2.87. The quantitative estimate of drug-likeness (QED) is 0.891. The zero-order valence-corrected chi connectivity index (χ0v) is 11.8. The summed E-state index contributed by atoms with van der Waals surface area (Å²) in [6, 6.07) is 6.18. The fourth-order valence-corrected chi connectivity index (χ4v) is 2.09. The van der Waals surface area contributed by atoms with Gasteiger partial charge in [0.2, 0.25) is 0 Å². The lowest BCUT2D eigenvalue weighted by Gasteiger charge is -2.19. The van der Waals surface area contributed by atoms with Crippen molar-refractivity contribution < 1.29 is 4.74 Å². The lowest BCUT2D eigenvalue weighted by Crippen LogP contribution is -2.18. The summed E-state index contributed by atoms with van der Waals surface area (Å²) in [6.07, 6.45) is 1.09. The molecular weight excluding hydrogens is 266 g/mol. The molecule has 0 saturated heterocycles. The average molecular weight is 286 g/mol. The largest absolute Gasteiger partial charge is 0.493 e. The molecule has 2 atom stereocenters. The minimum absolute atomic E-state index is 0.0944. The van der Waals surface area contributed by atoms with E-state index >= 15 is 0 Å². The molecule has 0 bridgehead atoms. The van der Waals surface area contributed by atoms with Gasteiger partial charge in [0.15, 0.2) is 0 Å². The molecule has 0 amide bonds. The Hall–Kier alpha value is -0.540. The van der Waals surface area contributed by atoms with E-state index in [0.29, 0.717) is 12.5 Å². The molecule has 1 rings (SSSR count). The summed E-state index contributed by atoms with van der Waals surface area (Å²) in [5, 5.41) is 0. The van der Waals surface area contributed by atoms with Crippen LogP contribution in [-0.2, 0) is 0 Å². The first kappa shape index (κ1) is 13.5. The lowest BCUT2D eigenvalue weighted by molar-refractivity contribution is 0.337. The lowest BCUT2D eigenvalue weighted by atomic mass is 9.93. The van der Waals surface area contributed by atoms with Gasteiger partial charge in [-0.05, 0) is 46.5 Å². The first-order chi connectivity index (χ1) is 7.60. The number of ether oxygens (including phenoxy) is 1. The maximum absolute atomic E-state index is 6.18. The molecule has 1 aromatic carbocycles. The van der Waals surface area contributed by atoms with E-state index in [0.717, 1.165) is 22.2 Å². The van der Waals surface area contributed by atoms with Crippen molar-refractivity contribution in [1.29, 1.82) is 0 Å². The van der Waals surface area contributed by atoms with Crippen LogP contribution in [0.4, 0.5) is 0 Å². The highest BCUT2D eigenvalue weighted by Crippen LogP contribution is 2.30. The molecule has 16 heavy (non-hydrogen) atoms. The molecule has 0 fully saturated rings. The van der Waals surface area contributed by atoms with Gasteiger partial charge in [0.25, 0.3) is 0 Å². The predicted octanol–water partition coefficient (Wildman–Crippen LogP) is 3.89. The molecule has 0 saturated carbocycles. The molecule has 1 aromatic rings. The predicted molar refractivity (Wildman–Crippen MR) is 71.7 cm³/mol. The molecule has 2 N–H and O–H groups in total. The van der Waals surface area contributed by atoms with Crippen molar-refractivity contribution in [2.75, 3.05) is 6.61 Å². The molecular formula is C13H20BrNO. The van der Waals surface area contributed by atoms with Crippen LogP contribution < -0.4 is 10.5 Å². The summed E-state index contributed by atoms with van der Waals surface area (Å²) in [5.41, 5.74) is 7.34. The Kier molecular flexibility index (Phi) is 5.29. The molecule has 0 aliphatic rings. The van der Waals surface area contributed by atoms with Crippen LogP contribution in [0.25, 0.3) is 0 Å². The highest BCUT2D eigenvalue weighted by molar-refractivity contribution is 9.10. The maximum atomic E-state index is 6.18. The zero-order valence-electron chi connectivity index (χ0n) is 10.2. The van der Waals surface area contributed by atoms with Crippen LogP contribution in [0.15, 0.2) is 22.7 Å². The van der Waals surface area contributed by atoms with Crippen molar-refractivity contribution in [3.8, 4) is 5.75 Å². The molecule has 3 heteroatoms. The van der Waals surface area contributed by atoms with Crippen LogP contribution in [-0.4, -0.2) is 6.61 Å². The van der Waals surface area contributed by atoms with Crippen LogP contribution in [0.1, 0.15) is 38.8 Å². The molecule has 2 nitrogen and oxygen atoms in total. The van der Waals surface area contributed by atoms with Crippen molar-refractivity contribution in [2.24, 2.45) is 11.7 Å². The molecule has 0 aliphatic heterocycles. The number of rotatable bonds is 5. The van der Waals surface area contributed by atoms with Gasteiger partial charge < -0.3 is 10.5 Å². The summed E-state index contributed by atoms with van der Waals surface area (Å²) in [5.74, 6) is 1.37. The zero-order chi connectivity index (χ0) is 12.1. The van der Waals surface area contributed by atoms with Crippen molar-refractivity contribution in [3.05, 3.63) is 28.2 Å². The average Bonchev–Trinajstić information content (AvgIpc) is 2.30. The minimum atomic E-state index is 0.0944. The van der Waals surface area contributed by atoms with E-state index in [-0.39, 0.29) is 6.04 Å². The first-order valence-corrected chi connectivity index (χ1v) is 6.57. The van der Waals surface area contributed by atoms with Crippen molar-refractivity contribution in [1.82, 2.24) is 0 Å². The van der Waals surface area contributed by atoms with Gasteiger partial charge in [0, 0.05) is 6.04 Å². The number of hydrogen-bond donors (Lipinski definition) is 1. The minimum Gasteiger partial charge on any atom is -0.493 e. The Morgan fingerprint density at radius 1 is 1.38 bits per heavy atom. The van der Waals surface area contributed by atoms with Gasteiger partial charge in [-0.3, -0.25) is 0 Å². The molecule has 0 aromatic heterocycles. The van der Waals surface area contributed by atoms with Gasteiger partial charge in [0.1, 0.15) is 5.75 Å². The Morgan fingerprint density at radius 3 is 2.56 bits per heavy atom. The van der Waals surface area contributed by atoms with Crippen molar-refractivity contribution >= 4 is 15.9 Å². The first-order valence-electron chi connectivity index (χ1n) is 5.77. The summed E-state index contributed by atoms with van der Waals surface area (Å²) < 4.78 is 6.45. The molecule has 0 spiro atoms.